The van der Waals surface area contributed by atoms with E-state index in [1.165, 1.54) is 0 Å². The number of para-hydroxylation sites is 1. The van der Waals surface area contributed by atoms with Gasteiger partial charge < -0.3 is 14.8 Å². The summed E-state index contributed by atoms with van der Waals surface area (Å²) in [6.45, 7) is 4.01. The third-order valence-corrected chi connectivity index (χ3v) is 4.68. The number of hydrogen-bond donors (Lipinski definition) is 1. The second-order valence-corrected chi connectivity index (χ2v) is 6.55. The van der Waals surface area contributed by atoms with Crippen LogP contribution in [0.1, 0.15) is 23.4 Å². The molecule has 3 rings (SSSR count). The van der Waals surface area contributed by atoms with E-state index in [0.717, 1.165) is 22.6 Å². The molecule has 0 saturated heterocycles. The number of methoxy groups -OCH3 is 2. The molecule has 0 bridgehead atoms. The van der Waals surface area contributed by atoms with Crippen LogP contribution in [-0.4, -0.2) is 29.9 Å². The molecule has 2 aromatic carbocycles. The lowest BCUT2D eigenvalue weighted by molar-refractivity contribution is -0.116. The zero-order valence-corrected chi connectivity index (χ0v) is 16.7. The summed E-state index contributed by atoms with van der Waals surface area (Å²) in [5.41, 5.74) is 4.76. The van der Waals surface area contributed by atoms with Gasteiger partial charge in [0.05, 0.1) is 25.6 Å². The fourth-order valence-electron chi connectivity index (χ4n) is 3.20. The first-order valence-corrected chi connectivity index (χ1v) is 9.15. The Morgan fingerprint density at radius 3 is 2.29 bits per heavy atom. The summed E-state index contributed by atoms with van der Waals surface area (Å²) < 4.78 is 12.4. The van der Waals surface area contributed by atoms with Crippen LogP contribution in [0.15, 0.2) is 48.5 Å². The highest BCUT2D eigenvalue weighted by Gasteiger charge is 2.14. The van der Waals surface area contributed by atoms with Gasteiger partial charge in [-0.1, -0.05) is 18.2 Å². The Bertz CT molecular complexity index is 942. The van der Waals surface area contributed by atoms with Gasteiger partial charge in [0.25, 0.3) is 0 Å². The normalized spacial score (nSPS) is 10.6. The lowest BCUT2D eigenvalue weighted by Crippen LogP contribution is -2.13. The molecule has 1 amide bonds. The van der Waals surface area contributed by atoms with Gasteiger partial charge in [-0.15, -0.1) is 0 Å². The summed E-state index contributed by atoms with van der Waals surface area (Å²) in [4.78, 5) is 12.5. The molecule has 1 aromatic heterocycles. The number of aryl methyl sites for hydroxylation is 1. The van der Waals surface area contributed by atoms with Crippen molar-refractivity contribution in [3.8, 4) is 17.2 Å². The Morgan fingerprint density at radius 2 is 1.68 bits per heavy atom. The van der Waals surface area contributed by atoms with E-state index in [1.54, 1.807) is 32.4 Å². The number of nitrogens with one attached hydrogen (secondary N) is 1. The molecule has 28 heavy (non-hydrogen) atoms. The van der Waals surface area contributed by atoms with Crippen LogP contribution in [0.4, 0.5) is 5.69 Å². The van der Waals surface area contributed by atoms with E-state index < -0.39 is 0 Å². The van der Waals surface area contributed by atoms with Gasteiger partial charge in [-0.2, -0.15) is 5.10 Å². The quantitative estimate of drug-likeness (QED) is 0.672. The minimum absolute atomic E-state index is 0.0680. The molecule has 1 N–H and O–H groups in total. The molecule has 0 radical (unpaired) electrons. The van der Waals surface area contributed by atoms with E-state index in [1.807, 2.05) is 48.9 Å². The molecule has 0 aliphatic rings. The maximum atomic E-state index is 12.5. The SMILES string of the molecule is COc1cc(NC(=O)CCc2c(C)nn(-c3ccccc3)c2C)cc(OC)c1. The average Bonchev–Trinajstić information content (AvgIpc) is 3.00. The maximum Gasteiger partial charge on any atom is 0.224 e. The van der Waals surface area contributed by atoms with Crippen molar-refractivity contribution in [1.29, 1.82) is 0 Å². The Hall–Kier alpha value is -3.28. The van der Waals surface area contributed by atoms with Crippen LogP contribution >= 0.6 is 0 Å². The number of hydrogen-bond acceptors (Lipinski definition) is 4. The van der Waals surface area contributed by atoms with Crippen LogP contribution in [0.5, 0.6) is 11.5 Å². The first kappa shape index (κ1) is 19.5. The van der Waals surface area contributed by atoms with Crippen molar-refractivity contribution in [2.24, 2.45) is 0 Å². The van der Waals surface area contributed by atoms with Crippen LogP contribution < -0.4 is 14.8 Å². The van der Waals surface area contributed by atoms with E-state index in [2.05, 4.69) is 10.4 Å². The number of nitrogens with zero attached hydrogens (tertiary/aromatic N) is 2. The molecule has 0 unspecified atom stereocenters. The van der Waals surface area contributed by atoms with Gasteiger partial charge in [0, 0.05) is 36.0 Å². The van der Waals surface area contributed by atoms with E-state index in [-0.39, 0.29) is 5.91 Å². The largest absolute Gasteiger partial charge is 0.497 e. The number of aromatic nitrogens is 2. The highest BCUT2D eigenvalue weighted by Crippen LogP contribution is 2.26. The summed E-state index contributed by atoms with van der Waals surface area (Å²) in [6.07, 6.45) is 0.985. The number of benzene rings is 2. The predicted molar refractivity (Wildman–Crippen MR) is 110 cm³/mol. The van der Waals surface area contributed by atoms with E-state index >= 15 is 0 Å². The van der Waals surface area contributed by atoms with Gasteiger partial charge in [0.2, 0.25) is 5.91 Å². The lowest BCUT2D eigenvalue weighted by atomic mass is 10.1. The Balaban J connectivity index is 1.69. The number of carbonyl (C=O) groups excluding carboxylic acids is 1. The number of carbonyl (C=O) groups is 1. The predicted octanol–water partition coefficient (Wildman–Crippen LogP) is 4.08. The fraction of sp³-hybridized carbons (Fsp3) is 0.273. The first-order chi connectivity index (χ1) is 13.5. The second-order valence-electron chi connectivity index (χ2n) is 6.55. The average molecular weight is 379 g/mol. The first-order valence-electron chi connectivity index (χ1n) is 9.15. The fourth-order valence-corrected chi connectivity index (χ4v) is 3.20. The molecule has 0 fully saturated rings. The van der Waals surface area contributed by atoms with Crippen LogP contribution in [0.2, 0.25) is 0 Å². The monoisotopic (exact) mass is 379 g/mol. The lowest BCUT2D eigenvalue weighted by Gasteiger charge is -2.10. The van der Waals surface area contributed by atoms with Crippen molar-refractivity contribution in [3.05, 3.63) is 65.5 Å². The molecule has 0 atom stereocenters. The van der Waals surface area contributed by atoms with Crippen molar-refractivity contribution in [1.82, 2.24) is 9.78 Å². The molecule has 6 heteroatoms. The Labute approximate surface area is 165 Å². The molecule has 146 valence electrons. The number of rotatable bonds is 7. The third-order valence-electron chi connectivity index (χ3n) is 4.68. The molecule has 0 aliphatic heterocycles. The van der Waals surface area contributed by atoms with Crippen molar-refractivity contribution in [3.63, 3.8) is 0 Å². The highest BCUT2D eigenvalue weighted by atomic mass is 16.5. The topological polar surface area (TPSA) is 65.4 Å². The zero-order chi connectivity index (χ0) is 20.1. The molecule has 0 spiro atoms. The molecule has 0 saturated carbocycles. The summed E-state index contributed by atoms with van der Waals surface area (Å²) in [5.74, 6) is 1.19. The number of amides is 1. The zero-order valence-electron chi connectivity index (χ0n) is 16.7. The van der Waals surface area contributed by atoms with Crippen molar-refractivity contribution in [2.45, 2.75) is 26.7 Å². The molecule has 6 nitrogen and oxygen atoms in total. The van der Waals surface area contributed by atoms with Crippen molar-refractivity contribution < 1.29 is 14.3 Å². The molecule has 3 aromatic rings. The van der Waals surface area contributed by atoms with Crippen LogP contribution in [0.25, 0.3) is 5.69 Å². The van der Waals surface area contributed by atoms with Gasteiger partial charge in [-0.25, -0.2) is 4.68 Å². The smallest absolute Gasteiger partial charge is 0.224 e. The minimum atomic E-state index is -0.0680. The minimum Gasteiger partial charge on any atom is -0.497 e. The number of ether oxygens (including phenoxy) is 2. The Morgan fingerprint density at radius 1 is 1.04 bits per heavy atom. The van der Waals surface area contributed by atoms with Gasteiger partial charge in [0.1, 0.15) is 11.5 Å². The summed E-state index contributed by atoms with van der Waals surface area (Å²) in [6, 6.07) is 15.3. The maximum absolute atomic E-state index is 12.5. The van der Waals surface area contributed by atoms with E-state index in [9.17, 15) is 4.79 Å². The van der Waals surface area contributed by atoms with E-state index in [4.69, 9.17) is 9.47 Å². The molecule has 1 heterocycles. The Kier molecular flexibility index (Phi) is 5.99. The molecular weight excluding hydrogens is 354 g/mol. The van der Waals surface area contributed by atoms with Gasteiger partial charge >= 0.3 is 0 Å². The highest BCUT2D eigenvalue weighted by molar-refractivity contribution is 5.91. The van der Waals surface area contributed by atoms with Gasteiger partial charge in [0.15, 0.2) is 0 Å². The molecule has 0 aliphatic carbocycles. The van der Waals surface area contributed by atoms with Crippen LogP contribution in [-0.2, 0) is 11.2 Å². The molecular formula is C22H25N3O3. The summed E-state index contributed by atoms with van der Waals surface area (Å²) in [5, 5.41) is 7.55. The summed E-state index contributed by atoms with van der Waals surface area (Å²) in [7, 11) is 3.16. The second kappa shape index (κ2) is 8.61. The summed E-state index contributed by atoms with van der Waals surface area (Å²) >= 11 is 0. The van der Waals surface area contributed by atoms with Crippen LogP contribution in [0.3, 0.4) is 0 Å². The van der Waals surface area contributed by atoms with Crippen LogP contribution in [0, 0.1) is 13.8 Å². The standard InChI is InChI=1S/C22H25N3O3/c1-15-21(16(2)25(24-15)18-8-6-5-7-9-18)10-11-22(26)23-17-12-19(27-3)14-20(13-17)28-4/h5-9,12-14H,10-11H2,1-4H3,(H,23,26). The van der Waals surface area contributed by atoms with Crippen molar-refractivity contribution >= 4 is 11.6 Å². The number of anilines is 1. The third kappa shape index (κ3) is 4.34. The van der Waals surface area contributed by atoms with Gasteiger partial charge in [-0.3, -0.25) is 4.79 Å². The van der Waals surface area contributed by atoms with E-state index in [0.29, 0.717) is 30.0 Å². The van der Waals surface area contributed by atoms with Gasteiger partial charge in [-0.05, 0) is 38.0 Å². The van der Waals surface area contributed by atoms with Crippen molar-refractivity contribution in [2.75, 3.05) is 19.5 Å².